The summed E-state index contributed by atoms with van der Waals surface area (Å²) in [5.41, 5.74) is 5.22. The smallest absolute Gasteiger partial charge is 0.135 e. The highest BCUT2D eigenvalue weighted by Gasteiger charge is 2.10. The van der Waals surface area contributed by atoms with Gasteiger partial charge in [-0.3, -0.25) is 0 Å². The summed E-state index contributed by atoms with van der Waals surface area (Å²) < 4.78 is 5.93. The summed E-state index contributed by atoms with van der Waals surface area (Å²) in [4.78, 5) is 2.12. The standard InChI is InChI=1S/C20H16ClNO/c1-13-6-8-19-17(10-13)18-12-16(7-9-20(18)23-19)22(2)15-5-3-4-14(21)11-15/h3-12H,1-2H3. The van der Waals surface area contributed by atoms with Crippen molar-refractivity contribution in [1.29, 1.82) is 0 Å². The number of aryl methyl sites for hydroxylation is 1. The van der Waals surface area contributed by atoms with E-state index in [-0.39, 0.29) is 0 Å². The highest BCUT2D eigenvalue weighted by atomic mass is 35.5. The SMILES string of the molecule is Cc1ccc2oc3ccc(N(C)c4cccc(Cl)c4)cc3c2c1. The average Bonchev–Trinajstić information content (AvgIpc) is 2.91. The Kier molecular flexibility index (Phi) is 3.28. The maximum atomic E-state index is 6.11. The predicted molar refractivity (Wildman–Crippen MR) is 98.0 cm³/mol. The Labute approximate surface area is 139 Å². The third kappa shape index (κ3) is 2.45. The molecular formula is C20H16ClNO. The quantitative estimate of drug-likeness (QED) is 0.430. The molecule has 0 amide bonds. The lowest BCUT2D eigenvalue weighted by Crippen LogP contribution is -2.08. The predicted octanol–water partition coefficient (Wildman–Crippen LogP) is 6.32. The fourth-order valence-electron chi connectivity index (χ4n) is 2.92. The first kappa shape index (κ1) is 14.2. The van der Waals surface area contributed by atoms with Crippen molar-refractivity contribution in [3.05, 3.63) is 71.2 Å². The summed E-state index contributed by atoms with van der Waals surface area (Å²) in [6, 6.07) is 20.4. The summed E-state index contributed by atoms with van der Waals surface area (Å²) in [5, 5.41) is 3.02. The summed E-state index contributed by atoms with van der Waals surface area (Å²) in [6.07, 6.45) is 0. The zero-order valence-electron chi connectivity index (χ0n) is 13.0. The minimum absolute atomic E-state index is 0.736. The monoisotopic (exact) mass is 321 g/mol. The van der Waals surface area contributed by atoms with Crippen LogP contribution in [-0.2, 0) is 0 Å². The van der Waals surface area contributed by atoms with Crippen LogP contribution in [0.15, 0.2) is 65.1 Å². The van der Waals surface area contributed by atoms with Crippen molar-refractivity contribution in [2.75, 3.05) is 11.9 Å². The Balaban J connectivity index is 1.87. The van der Waals surface area contributed by atoms with Crippen LogP contribution in [-0.4, -0.2) is 7.05 Å². The third-order valence-electron chi connectivity index (χ3n) is 4.19. The molecular weight excluding hydrogens is 306 g/mol. The van der Waals surface area contributed by atoms with Gasteiger partial charge in [-0.25, -0.2) is 0 Å². The van der Waals surface area contributed by atoms with E-state index in [2.05, 4.69) is 36.1 Å². The molecule has 0 aliphatic carbocycles. The van der Waals surface area contributed by atoms with Gasteiger partial charge in [0, 0.05) is 34.2 Å². The van der Waals surface area contributed by atoms with E-state index in [4.69, 9.17) is 16.0 Å². The van der Waals surface area contributed by atoms with E-state index >= 15 is 0 Å². The van der Waals surface area contributed by atoms with E-state index in [0.717, 1.165) is 38.3 Å². The molecule has 1 aromatic heterocycles. The molecule has 23 heavy (non-hydrogen) atoms. The minimum atomic E-state index is 0.736. The maximum absolute atomic E-state index is 6.11. The zero-order valence-corrected chi connectivity index (χ0v) is 13.8. The van der Waals surface area contributed by atoms with Gasteiger partial charge in [0.2, 0.25) is 0 Å². The molecule has 0 saturated carbocycles. The molecule has 3 heteroatoms. The maximum Gasteiger partial charge on any atom is 0.135 e. The van der Waals surface area contributed by atoms with E-state index in [1.54, 1.807) is 0 Å². The van der Waals surface area contributed by atoms with E-state index in [0.29, 0.717) is 0 Å². The summed E-state index contributed by atoms with van der Waals surface area (Å²) in [7, 11) is 2.04. The van der Waals surface area contributed by atoms with E-state index in [1.165, 1.54) is 5.56 Å². The van der Waals surface area contributed by atoms with Gasteiger partial charge in [0.25, 0.3) is 0 Å². The first-order valence-corrected chi connectivity index (χ1v) is 7.92. The van der Waals surface area contributed by atoms with Crippen molar-refractivity contribution in [3.8, 4) is 0 Å². The number of rotatable bonds is 2. The molecule has 3 aromatic carbocycles. The van der Waals surface area contributed by atoms with Crippen LogP contribution in [0.25, 0.3) is 21.9 Å². The van der Waals surface area contributed by atoms with Crippen molar-refractivity contribution < 1.29 is 4.42 Å². The van der Waals surface area contributed by atoms with E-state index in [1.807, 2.05) is 43.4 Å². The molecule has 0 bridgehead atoms. The topological polar surface area (TPSA) is 16.4 Å². The number of furan rings is 1. The Hall–Kier alpha value is -2.45. The molecule has 0 unspecified atom stereocenters. The average molecular weight is 322 g/mol. The molecule has 1 heterocycles. The molecule has 0 atom stereocenters. The highest BCUT2D eigenvalue weighted by molar-refractivity contribution is 6.30. The number of fused-ring (bicyclic) bond motifs is 3. The van der Waals surface area contributed by atoms with Crippen LogP contribution in [0.1, 0.15) is 5.56 Å². The van der Waals surface area contributed by atoms with Crippen LogP contribution >= 0.6 is 11.6 Å². The van der Waals surface area contributed by atoms with Gasteiger partial charge in [0.05, 0.1) is 0 Å². The summed E-state index contributed by atoms with van der Waals surface area (Å²) in [6.45, 7) is 2.10. The molecule has 0 spiro atoms. The number of nitrogens with zero attached hydrogens (tertiary/aromatic N) is 1. The van der Waals surface area contributed by atoms with E-state index < -0.39 is 0 Å². The van der Waals surface area contributed by atoms with Crippen LogP contribution in [0.4, 0.5) is 11.4 Å². The molecule has 4 aromatic rings. The van der Waals surface area contributed by atoms with Crippen molar-refractivity contribution in [1.82, 2.24) is 0 Å². The molecule has 0 aliphatic heterocycles. The molecule has 4 rings (SSSR count). The summed E-state index contributed by atoms with van der Waals surface area (Å²) >= 11 is 6.11. The highest BCUT2D eigenvalue weighted by Crippen LogP contribution is 2.34. The van der Waals surface area contributed by atoms with Gasteiger partial charge in [0.15, 0.2) is 0 Å². The molecule has 0 N–H and O–H groups in total. The van der Waals surface area contributed by atoms with Crippen LogP contribution in [0.3, 0.4) is 0 Å². The molecule has 114 valence electrons. The lowest BCUT2D eigenvalue weighted by molar-refractivity contribution is 0.669. The largest absolute Gasteiger partial charge is 0.456 e. The van der Waals surface area contributed by atoms with Crippen LogP contribution in [0.5, 0.6) is 0 Å². The third-order valence-corrected chi connectivity index (χ3v) is 4.43. The van der Waals surface area contributed by atoms with Crippen LogP contribution < -0.4 is 4.90 Å². The van der Waals surface area contributed by atoms with Crippen molar-refractivity contribution >= 4 is 44.9 Å². The van der Waals surface area contributed by atoms with Crippen LogP contribution in [0, 0.1) is 6.92 Å². The minimum Gasteiger partial charge on any atom is -0.456 e. The second-order valence-electron chi connectivity index (χ2n) is 5.82. The van der Waals surface area contributed by atoms with Gasteiger partial charge < -0.3 is 9.32 Å². The summed E-state index contributed by atoms with van der Waals surface area (Å²) in [5.74, 6) is 0. The number of benzene rings is 3. The lowest BCUT2D eigenvalue weighted by atomic mass is 10.1. The molecule has 0 aliphatic rings. The number of anilines is 2. The van der Waals surface area contributed by atoms with Gasteiger partial charge in [0.1, 0.15) is 11.2 Å². The van der Waals surface area contributed by atoms with Gasteiger partial charge in [-0.2, -0.15) is 0 Å². The molecule has 0 radical (unpaired) electrons. The van der Waals surface area contributed by atoms with Crippen molar-refractivity contribution in [3.63, 3.8) is 0 Å². The normalized spacial score (nSPS) is 11.3. The Morgan fingerprint density at radius 1 is 0.826 bits per heavy atom. The zero-order chi connectivity index (χ0) is 16.0. The molecule has 0 saturated heterocycles. The molecule has 2 nitrogen and oxygen atoms in total. The van der Waals surface area contributed by atoms with Gasteiger partial charge in [-0.1, -0.05) is 29.3 Å². The Morgan fingerprint density at radius 2 is 1.52 bits per heavy atom. The first-order valence-electron chi connectivity index (χ1n) is 7.54. The number of hydrogen-bond donors (Lipinski definition) is 0. The Morgan fingerprint density at radius 3 is 2.30 bits per heavy atom. The second kappa shape index (κ2) is 5.32. The Bertz CT molecular complexity index is 1020. The molecule has 0 fully saturated rings. The van der Waals surface area contributed by atoms with Gasteiger partial charge >= 0.3 is 0 Å². The van der Waals surface area contributed by atoms with Crippen molar-refractivity contribution in [2.45, 2.75) is 6.92 Å². The van der Waals surface area contributed by atoms with Gasteiger partial charge in [-0.15, -0.1) is 0 Å². The van der Waals surface area contributed by atoms with E-state index in [9.17, 15) is 0 Å². The van der Waals surface area contributed by atoms with Gasteiger partial charge in [-0.05, 0) is 55.5 Å². The lowest BCUT2D eigenvalue weighted by Gasteiger charge is -2.19. The van der Waals surface area contributed by atoms with Crippen LogP contribution in [0.2, 0.25) is 5.02 Å². The second-order valence-corrected chi connectivity index (χ2v) is 6.26. The fraction of sp³-hybridized carbons (Fsp3) is 0.100. The number of hydrogen-bond acceptors (Lipinski definition) is 2. The number of halogens is 1. The van der Waals surface area contributed by atoms with Crippen molar-refractivity contribution in [2.24, 2.45) is 0 Å². The first-order chi connectivity index (χ1) is 11.1. The fourth-order valence-corrected chi connectivity index (χ4v) is 3.11.